The predicted molar refractivity (Wildman–Crippen MR) is 395 cm³/mol. The number of esters is 4. The molecule has 2 unspecified atom stereocenters. The van der Waals surface area contributed by atoms with Gasteiger partial charge in [-0.05, 0) is 43.4 Å². The van der Waals surface area contributed by atoms with Crippen LogP contribution in [0.4, 0.5) is 0 Å². The highest BCUT2D eigenvalue weighted by atomic mass is 31.2. The van der Waals surface area contributed by atoms with E-state index in [-0.39, 0.29) is 25.7 Å². The SMILES string of the molecule is CCCCCCCCCCCCCCCCC(=O)O[C@H](COC(=O)CCCCCCCCCC(C)C)COP(=O)(O)OC[C@H](O)COP(=O)(O)OC[C@@H](COC(=O)CCCCCCCCCCCCCCC(C)C)OC(=O)CCCCCCCCCCCCCCCCCC(C)C. The van der Waals surface area contributed by atoms with E-state index in [2.05, 4.69) is 48.5 Å². The van der Waals surface area contributed by atoms with Gasteiger partial charge in [-0.2, -0.15) is 0 Å². The van der Waals surface area contributed by atoms with Crippen molar-refractivity contribution in [2.24, 2.45) is 17.8 Å². The van der Waals surface area contributed by atoms with Crippen molar-refractivity contribution >= 4 is 39.5 Å². The lowest BCUT2D eigenvalue weighted by Crippen LogP contribution is -2.30. The molecule has 17 nitrogen and oxygen atoms in total. The molecular formula is C78H152O17P2. The maximum absolute atomic E-state index is 13.1. The molecule has 0 aromatic rings. The molecule has 0 aliphatic carbocycles. The van der Waals surface area contributed by atoms with E-state index in [0.717, 1.165) is 108 Å². The molecule has 3 N–H and O–H groups in total. The fourth-order valence-electron chi connectivity index (χ4n) is 12.0. The second kappa shape index (κ2) is 68.5. The van der Waals surface area contributed by atoms with Gasteiger partial charge in [0.1, 0.15) is 19.3 Å². The first-order valence-electron chi connectivity index (χ1n) is 40.3. The molecule has 19 heteroatoms. The van der Waals surface area contributed by atoms with Gasteiger partial charge in [-0.25, -0.2) is 9.13 Å². The van der Waals surface area contributed by atoms with Crippen LogP contribution in [0.15, 0.2) is 0 Å². The maximum atomic E-state index is 13.1. The van der Waals surface area contributed by atoms with Crippen LogP contribution >= 0.6 is 15.6 Å². The first-order valence-corrected chi connectivity index (χ1v) is 43.3. The topological polar surface area (TPSA) is 237 Å². The third kappa shape index (κ3) is 72.2. The van der Waals surface area contributed by atoms with E-state index in [4.69, 9.17) is 37.0 Å². The molecule has 0 aliphatic rings. The third-order valence-corrected chi connectivity index (χ3v) is 20.0. The Bertz CT molecular complexity index is 1890. The average Bonchev–Trinajstić information content (AvgIpc) is 1.41. The lowest BCUT2D eigenvalue weighted by Gasteiger charge is -2.21. The Hall–Kier alpha value is -1.94. The van der Waals surface area contributed by atoms with Crippen LogP contribution in [0.3, 0.4) is 0 Å². The molecule has 0 amide bonds. The minimum absolute atomic E-state index is 0.107. The van der Waals surface area contributed by atoms with Gasteiger partial charge in [0.2, 0.25) is 0 Å². The van der Waals surface area contributed by atoms with Crippen molar-refractivity contribution < 1.29 is 80.2 Å². The molecule has 0 bridgehead atoms. The van der Waals surface area contributed by atoms with E-state index in [1.54, 1.807) is 0 Å². The monoisotopic (exact) mass is 1420 g/mol. The third-order valence-electron chi connectivity index (χ3n) is 18.1. The number of rotatable bonds is 76. The molecule has 0 spiro atoms. The van der Waals surface area contributed by atoms with Crippen LogP contribution in [-0.4, -0.2) is 96.7 Å². The number of carbonyl (C=O) groups is 4. The summed E-state index contributed by atoms with van der Waals surface area (Å²) < 4.78 is 68.6. The Balaban J connectivity index is 5.25. The summed E-state index contributed by atoms with van der Waals surface area (Å²) in [7, 11) is -9.92. The highest BCUT2D eigenvalue weighted by Crippen LogP contribution is 2.45. The molecule has 0 saturated carbocycles. The van der Waals surface area contributed by atoms with Gasteiger partial charge < -0.3 is 33.8 Å². The number of hydrogen-bond acceptors (Lipinski definition) is 15. The fraction of sp³-hybridized carbons (Fsp3) is 0.949. The molecule has 0 saturated heterocycles. The zero-order chi connectivity index (χ0) is 71.6. The summed E-state index contributed by atoms with van der Waals surface area (Å²) in [6.45, 7) is 11.9. The normalized spacial score (nSPS) is 14.0. The zero-order valence-corrected chi connectivity index (χ0v) is 65.3. The highest BCUT2D eigenvalue weighted by Gasteiger charge is 2.30. The van der Waals surface area contributed by atoms with Crippen LogP contribution in [0, 0.1) is 17.8 Å². The van der Waals surface area contributed by atoms with Crippen LogP contribution in [-0.2, 0) is 65.4 Å². The minimum atomic E-state index is -4.96. The van der Waals surface area contributed by atoms with Crippen LogP contribution in [0.25, 0.3) is 0 Å². The first-order chi connectivity index (χ1) is 46.7. The van der Waals surface area contributed by atoms with Gasteiger partial charge in [-0.1, -0.05) is 350 Å². The largest absolute Gasteiger partial charge is 0.472 e. The van der Waals surface area contributed by atoms with E-state index in [1.807, 2.05) is 0 Å². The van der Waals surface area contributed by atoms with Gasteiger partial charge in [0.25, 0.3) is 0 Å². The van der Waals surface area contributed by atoms with Crippen molar-refractivity contribution in [2.45, 2.75) is 420 Å². The van der Waals surface area contributed by atoms with Crippen LogP contribution in [0.2, 0.25) is 0 Å². The predicted octanol–water partition coefficient (Wildman–Crippen LogP) is 23.0. The fourth-order valence-corrected chi connectivity index (χ4v) is 13.5. The Morgan fingerprint density at radius 3 is 0.701 bits per heavy atom. The van der Waals surface area contributed by atoms with Gasteiger partial charge in [0.15, 0.2) is 12.2 Å². The first kappa shape index (κ1) is 95.1. The quantitative estimate of drug-likeness (QED) is 0.0222. The van der Waals surface area contributed by atoms with E-state index in [1.165, 1.54) is 205 Å². The molecule has 0 radical (unpaired) electrons. The Kier molecular flexibility index (Phi) is 67.1. The van der Waals surface area contributed by atoms with Gasteiger partial charge in [-0.3, -0.25) is 37.3 Å². The number of aliphatic hydroxyl groups excluding tert-OH is 1. The second-order valence-corrected chi connectivity index (χ2v) is 32.4. The Morgan fingerprint density at radius 2 is 0.474 bits per heavy atom. The van der Waals surface area contributed by atoms with Crippen molar-refractivity contribution in [1.29, 1.82) is 0 Å². The Labute approximate surface area is 594 Å². The summed E-state index contributed by atoms with van der Waals surface area (Å²) >= 11 is 0. The summed E-state index contributed by atoms with van der Waals surface area (Å²) in [5.41, 5.74) is 0. The summed E-state index contributed by atoms with van der Waals surface area (Å²) in [5, 5.41) is 10.6. The zero-order valence-electron chi connectivity index (χ0n) is 63.5. The van der Waals surface area contributed by atoms with E-state index < -0.39 is 97.5 Å². The van der Waals surface area contributed by atoms with Crippen molar-refractivity contribution in [2.75, 3.05) is 39.6 Å². The van der Waals surface area contributed by atoms with Crippen LogP contribution in [0.1, 0.15) is 402 Å². The molecule has 576 valence electrons. The smallest absolute Gasteiger partial charge is 0.462 e. The summed E-state index contributed by atoms with van der Waals surface area (Å²) in [5.74, 6) is 0.175. The maximum Gasteiger partial charge on any atom is 0.472 e. The van der Waals surface area contributed by atoms with E-state index in [9.17, 15) is 43.2 Å². The van der Waals surface area contributed by atoms with Crippen LogP contribution in [0.5, 0.6) is 0 Å². The molecule has 0 aromatic carbocycles. The number of unbranched alkanes of at least 4 members (excludes halogenated alkanes) is 44. The molecule has 0 heterocycles. The lowest BCUT2D eigenvalue weighted by atomic mass is 10.0. The summed E-state index contributed by atoms with van der Waals surface area (Å²) in [6, 6.07) is 0. The number of phosphoric ester groups is 2. The van der Waals surface area contributed by atoms with Crippen molar-refractivity contribution in [1.82, 2.24) is 0 Å². The Morgan fingerprint density at radius 1 is 0.278 bits per heavy atom. The van der Waals surface area contributed by atoms with Crippen molar-refractivity contribution in [3.8, 4) is 0 Å². The summed E-state index contributed by atoms with van der Waals surface area (Å²) in [4.78, 5) is 72.9. The van der Waals surface area contributed by atoms with Gasteiger partial charge in [-0.15, -0.1) is 0 Å². The number of hydrogen-bond donors (Lipinski definition) is 3. The molecule has 0 aromatic heterocycles. The van der Waals surface area contributed by atoms with Crippen molar-refractivity contribution in [3.05, 3.63) is 0 Å². The highest BCUT2D eigenvalue weighted by molar-refractivity contribution is 7.47. The van der Waals surface area contributed by atoms with E-state index in [0.29, 0.717) is 31.6 Å². The molecule has 97 heavy (non-hydrogen) atoms. The minimum Gasteiger partial charge on any atom is -0.462 e. The molecule has 5 atom stereocenters. The standard InChI is InChI=1S/C78H152O17P2/c1-8-9-10-11-12-13-14-15-20-27-32-39-47-54-61-78(83)95-74(66-89-76(81)60-53-46-41-34-37-44-51-58-71(6)7)68-93-97(86,87)91-64-72(79)63-90-96(84,85)92-67-73(65-88-75(80)59-52-45-38-31-26-23-22-25-30-36-43-50-57-70(4)5)94-77(82)62-55-48-40-33-28-21-18-16-17-19-24-29-35-42-49-56-69(2)3/h69-74,79H,8-68H2,1-7H3,(H,84,85)(H,86,87)/t72-,73-,74-/m1/s1. The number of phosphoric acid groups is 2. The number of ether oxygens (including phenoxy) is 4. The lowest BCUT2D eigenvalue weighted by molar-refractivity contribution is -0.161. The van der Waals surface area contributed by atoms with Gasteiger partial charge in [0, 0.05) is 25.7 Å². The molecule has 0 rings (SSSR count). The van der Waals surface area contributed by atoms with Crippen LogP contribution < -0.4 is 0 Å². The van der Waals surface area contributed by atoms with Crippen molar-refractivity contribution in [3.63, 3.8) is 0 Å². The molecular weight excluding hydrogens is 1270 g/mol. The number of aliphatic hydroxyl groups is 1. The van der Waals surface area contributed by atoms with Gasteiger partial charge >= 0.3 is 39.5 Å². The van der Waals surface area contributed by atoms with E-state index >= 15 is 0 Å². The summed E-state index contributed by atoms with van der Waals surface area (Å²) in [6.07, 6.45) is 55.5. The molecule has 0 aliphatic heterocycles. The van der Waals surface area contributed by atoms with Gasteiger partial charge in [0.05, 0.1) is 26.4 Å². The molecule has 0 fully saturated rings. The average molecular weight is 1420 g/mol. The second-order valence-electron chi connectivity index (χ2n) is 29.5. The number of carbonyl (C=O) groups excluding carboxylic acids is 4.